The molecule has 0 heterocycles. The van der Waals surface area contributed by atoms with E-state index in [4.69, 9.17) is 28.6 Å². The summed E-state index contributed by atoms with van der Waals surface area (Å²) < 4.78 is 6.24. The summed E-state index contributed by atoms with van der Waals surface area (Å²) in [6, 6.07) is 0. The van der Waals surface area contributed by atoms with Gasteiger partial charge in [0.1, 0.15) is 0 Å². The van der Waals surface area contributed by atoms with E-state index in [1.54, 1.807) is 8.87 Å². The average molecular weight is 533 g/mol. The van der Waals surface area contributed by atoms with Crippen LogP contribution in [-0.2, 0) is 33.4 Å². The zero-order valence-electron chi connectivity index (χ0n) is 16.5. The van der Waals surface area contributed by atoms with E-state index in [2.05, 4.69) is 26.1 Å². The molecule has 0 rings (SSSR count). The van der Waals surface area contributed by atoms with Crippen molar-refractivity contribution in [3.63, 3.8) is 0 Å². The van der Waals surface area contributed by atoms with E-state index in [-0.39, 0.29) is 32.7 Å². The Labute approximate surface area is 181 Å². The van der Waals surface area contributed by atoms with Crippen molar-refractivity contribution in [1.82, 2.24) is 0 Å². The van der Waals surface area contributed by atoms with Crippen LogP contribution in [0.2, 0.25) is 8.87 Å². The van der Waals surface area contributed by atoms with Crippen LogP contribution in [0.25, 0.3) is 0 Å². The molecule has 0 aliphatic carbocycles. The van der Waals surface area contributed by atoms with Gasteiger partial charge in [-0.2, -0.15) is 0 Å². The number of hydrogen-bond acceptors (Lipinski definition) is 5. The summed E-state index contributed by atoms with van der Waals surface area (Å²) in [5.41, 5.74) is 0. The first-order chi connectivity index (χ1) is 11.5. The molecule has 3 nitrogen and oxygen atoms in total. The molecule has 0 aromatic rings. The van der Waals surface area contributed by atoms with Crippen LogP contribution in [0.15, 0.2) is 11.8 Å². The van der Waals surface area contributed by atoms with Crippen LogP contribution in [0.5, 0.6) is 0 Å². The SMILES string of the molecule is CC(=O)/C=C(\C)[O-].CC(C)COP(=S)([S-])S.CCC[CH2][Sn+2][CH2]CCC. The second-order valence-corrected chi connectivity index (χ2v) is 18.5. The fraction of sp³-hybridized carbons (Fsp3) is 0.824. The number of allylic oxidation sites excluding steroid dienone is 2. The van der Waals surface area contributed by atoms with Gasteiger partial charge in [0.2, 0.25) is 0 Å². The predicted molar refractivity (Wildman–Crippen MR) is 121 cm³/mol. The third-order valence-electron chi connectivity index (χ3n) is 2.39. The summed E-state index contributed by atoms with van der Waals surface area (Å²) >= 11 is 13.6. The zero-order chi connectivity index (χ0) is 20.3. The van der Waals surface area contributed by atoms with Crippen molar-refractivity contribution < 1.29 is 14.4 Å². The predicted octanol–water partition coefficient (Wildman–Crippen LogP) is 5.33. The number of ketones is 1. The summed E-state index contributed by atoms with van der Waals surface area (Å²) in [6.07, 6.45) is 6.89. The summed E-state index contributed by atoms with van der Waals surface area (Å²) in [7, 11) is 0. The molecule has 0 radical (unpaired) electrons. The fourth-order valence-electron chi connectivity index (χ4n) is 1.26. The van der Waals surface area contributed by atoms with Gasteiger partial charge in [-0.05, 0) is 23.6 Å². The summed E-state index contributed by atoms with van der Waals surface area (Å²) in [4.78, 5) is 9.98. The van der Waals surface area contributed by atoms with Gasteiger partial charge in [-0.3, -0.25) is 4.79 Å². The molecule has 0 aromatic carbocycles. The average Bonchev–Trinajstić information content (AvgIpc) is 2.44. The normalized spacial score (nSPS) is 12.9. The number of hydrogen-bond donors (Lipinski definition) is 1. The van der Waals surface area contributed by atoms with Gasteiger partial charge in [0, 0.05) is 0 Å². The van der Waals surface area contributed by atoms with Gasteiger partial charge >= 0.3 is 69.5 Å². The van der Waals surface area contributed by atoms with Crippen molar-refractivity contribution in [2.45, 2.75) is 76.1 Å². The molecule has 0 saturated heterocycles. The van der Waals surface area contributed by atoms with E-state index in [9.17, 15) is 9.90 Å². The minimum atomic E-state index is -2.11. The summed E-state index contributed by atoms with van der Waals surface area (Å²) in [6.45, 7) is 12.0. The molecule has 8 heteroatoms. The van der Waals surface area contributed by atoms with Crippen molar-refractivity contribution in [2.75, 3.05) is 6.61 Å². The second kappa shape index (κ2) is 21.6. The minimum absolute atomic E-state index is 0.149. The maximum atomic E-state index is 9.98. The van der Waals surface area contributed by atoms with Gasteiger partial charge in [0.25, 0.3) is 0 Å². The Hall–Kier alpha value is 1.32. The molecule has 1 atom stereocenters. The van der Waals surface area contributed by atoms with Crippen LogP contribution < -0.4 is 5.11 Å². The van der Waals surface area contributed by atoms with Crippen LogP contribution >= 0.6 is 16.9 Å². The third-order valence-corrected chi connectivity index (χ3v) is 7.88. The van der Waals surface area contributed by atoms with E-state index in [1.165, 1.54) is 39.5 Å². The Bertz CT molecular complexity index is 375. The molecule has 0 fully saturated rings. The Balaban J connectivity index is -0.000000293. The van der Waals surface area contributed by atoms with Gasteiger partial charge < -0.3 is 21.9 Å². The van der Waals surface area contributed by atoms with Crippen LogP contribution in [0.3, 0.4) is 0 Å². The Kier molecular flexibility index (Phi) is 26.8. The molecule has 0 aliphatic heterocycles. The Morgan fingerprint density at radius 3 is 1.88 bits per heavy atom. The molecule has 0 saturated carbocycles. The molecular weight excluding hydrogens is 498 g/mol. The molecule has 148 valence electrons. The molecular formula is C17H35O3PS3Sn. The topological polar surface area (TPSA) is 49.4 Å². The van der Waals surface area contributed by atoms with Crippen molar-refractivity contribution in [1.29, 1.82) is 0 Å². The molecule has 1 unspecified atom stereocenters. The van der Waals surface area contributed by atoms with Gasteiger partial charge in [0.05, 0.1) is 6.61 Å². The van der Waals surface area contributed by atoms with E-state index in [0.717, 1.165) is 6.08 Å². The molecule has 0 aromatic heterocycles. The van der Waals surface area contributed by atoms with Gasteiger partial charge in [-0.25, -0.2) is 0 Å². The van der Waals surface area contributed by atoms with E-state index in [1.807, 2.05) is 13.8 Å². The van der Waals surface area contributed by atoms with Gasteiger partial charge in [-0.1, -0.05) is 32.6 Å². The van der Waals surface area contributed by atoms with Crippen LogP contribution in [-0.4, -0.2) is 33.5 Å². The van der Waals surface area contributed by atoms with Crippen LogP contribution in [0.1, 0.15) is 67.2 Å². The maximum absolute atomic E-state index is 9.98. The number of carbonyl (C=O) groups is 1. The molecule has 0 bridgehead atoms. The van der Waals surface area contributed by atoms with E-state index < -0.39 is 4.67 Å². The zero-order valence-corrected chi connectivity index (χ0v) is 22.8. The van der Waals surface area contributed by atoms with E-state index >= 15 is 0 Å². The van der Waals surface area contributed by atoms with Crippen molar-refractivity contribution in [3.05, 3.63) is 11.8 Å². The number of unbranched alkanes of at least 4 members (excludes halogenated alkanes) is 2. The van der Waals surface area contributed by atoms with Crippen LogP contribution in [0.4, 0.5) is 0 Å². The molecule has 0 aliphatic rings. The Morgan fingerprint density at radius 1 is 1.28 bits per heavy atom. The van der Waals surface area contributed by atoms with Gasteiger partial charge in [0.15, 0.2) is 5.78 Å². The number of thiol groups is 1. The van der Waals surface area contributed by atoms with E-state index in [0.29, 0.717) is 12.5 Å². The number of rotatable bonds is 10. The van der Waals surface area contributed by atoms with Crippen molar-refractivity contribution in [3.8, 4) is 0 Å². The number of carbonyl (C=O) groups excluding carboxylic acids is 1. The monoisotopic (exact) mass is 534 g/mol. The fourth-order valence-corrected chi connectivity index (χ4v) is 6.47. The molecule has 0 amide bonds. The molecule has 0 N–H and O–H groups in total. The van der Waals surface area contributed by atoms with Crippen molar-refractivity contribution >= 4 is 67.9 Å². The molecule has 25 heavy (non-hydrogen) atoms. The Morgan fingerprint density at radius 2 is 1.72 bits per heavy atom. The first kappa shape index (κ1) is 31.0. The summed E-state index contributed by atoms with van der Waals surface area (Å²) in [5.74, 6) is 0.113. The van der Waals surface area contributed by atoms with Crippen LogP contribution in [0, 0.1) is 5.92 Å². The second-order valence-electron chi connectivity index (χ2n) is 5.98. The van der Waals surface area contributed by atoms with Crippen molar-refractivity contribution in [2.24, 2.45) is 5.92 Å². The standard InChI is InChI=1S/C5H8O2.C4H11OPS3.2C4H9.Sn/c1-4(6)3-5(2)7;1-4(2)3-5-6(7,8)9;2*1-3-4-2;/h3,6H,1-2H3;4H,3H2,1-2H3,(H2,7,8,9);2*1,3-4H2,2H3;/q;;;;+2/p-2/b4-3+;;;;. The quantitative estimate of drug-likeness (QED) is 0.0783. The first-order valence-corrected chi connectivity index (χ1v) is 17.6. The van der Waals surface area contributed by atoms with Gasteiger partial charge in [-0.15, -0.1) is 18.0 Å². The summed E-state index contributed by atoms with van der Waals surface area (Å²) in [5, 5.41) is 9.98. The molecule has 0 spiro atoms. The first-order valence-electron chi connectivity index (χ1n) is 8.71. The third kappa shape index (κ3) is 45.9.